The average molecular weight is 475 g/mol. The predicted octanol–water partition coefficient (Wildman–Crippen LogP) is 3.15. The van der Waals surface area contributed by atoms with E-state index in [2.05, 4.69) is 10.4 Å². The molecular weight excluding hydrogens is 452 g/mol. The largest absolute Gasteiger partial charge is 0.461 e. The summed E-state index contributed by atoms with van der Waals surface area (Å²) >= 11 is 1.10. The number of rotatable bonds is 7. The van der Waals surface area contributed by atoms with E-state index in [9.17, 15) is 18.0 Å². The lowest BCUT2D eigenvalue weighted by Crippen LogP contribution is -2.29. The highest BCUT2D eigenvalue weighted by Crippen LogP contribution is 2.28. The maximum absolute atomic E-state index is 12.9. The fourth-order valence-electron chi connectivity index (χ4n) is 3.40. The summed E-state index contributed by atoms with van der Waals surface area (Å²) in [5.41, 5.74) is 1.40. The highest BCUT2D eigenvalue weighted by Gasteiger charge is 2.31. The SMILES string of the molecule is CCOC(=O)c1ccn(-c2ccc(NC(=O)c3sccc3S(=O)(=O)N3CCCC3)cc2)n1. The number of anilines is 1. The number of amides is 1. The monoisotopic (exact) mass is 474 g/mol. The Hall–Kier alpha value is -3.02. The molecule has 0 radical (unpaired) electrons. The first kappa shape index (κ1) is 22.2. The van der Waals surface area contributed by atoms with E-state index in [0.717, 1.165) is 24.2 Å². The van der Waals surface area contributed by atoms with Crippen molar-refractivity contribution in [3.63, 3.8) is 0 Å². The molecule has 0 aliphatic carbocycles. The first-order valence-electron chi connectivity index (χ1n) is 10.1. The van der Waals surface area contributed by atoms with Crippen molar-refractivity contribution in [2.45, 2.75) is 24.7 Å². The Morgan fingerprint density at radius 1 is 1.12 bits per heavy atom. The molecule has 3 aromatic rings. The second-order valence-electron chi connectivity index (χ2n) is 7.09. The van der Waals surface area contributed by atoms with Crippen LogP contribution < -0.4 is 5.32 Å². The summed E-state index contributed by atoms with van der Waals surface area (Å²) < 4.78 is 33.6. The molecule has 1 saturated heterocycles. The molecule has 3 heterocycles. The van der Waals surface area contributed by atoms with Crippen LogP contribution in [-0.4, -0.2) is 54.1 Å². The predicted molar refractivity (Wildman–Crippen MR) is 120 cm³/mol. The minimum absolute atomic E-state index is 0.0431. The van der Waals surface area contributed by atoms with Gasteiger partial charge in [0.2, 0.25) is 10.0 Å². The number of nitrogens with zero attached hydrogens (tertiary/aromatic N) is 3. The molecule has 1 fully saturated rings. The highest BCUT2D eigenvalue weighted by atomic mass is 32.2. The lowest BCUT2D eigenvalue weighted by molar-refractivity contribution is 0.0518. The van der Waals surface area contributed by atoms with Gasteiger partial charge in [-0.1, -0.05) is 0 Å². The van der Waals surface area contributed by atoms with Gasteiger partial charge in [-0.15, -0.1) is 11.3 Å². The van der Waals surface area contributed by atoms with Crippen LogP contribution in [0.5, 0.6) is 0 Å². The molecule has 0 saturated carbocycles. The van der Waals surface area contributed by atoms with E-state index >= 15 is 0 Å². The van der Waals surface area contributed by atoms with Crippen molar-refractivity contribution < 1.29 is 22.7 Å². The maximum Gasteiger partial charge on any atom is 0.358 e. The second kappa shape index (κ2) is 9.23. The Morgan fingerprint density at radius 2 is 1.84 bits per heavy atom. The van der Waals surface area contributed by atoms with E-state index in [0.29, 0.717) is 24.5 Å². The van der Waals surface area contributed by atoms with Gasteiger partial charge in [0, 0.05) is 25.0 Å². The van der Waals surface area contributed by atoms with Gasteiger partial charge in [-0.3, -0.25) is 4.79 Å². The molecule has 1 aromatic carbocycles. The molecule has 32 heavy (non-hydrogen) atoms. The Kier molecular flexibility index (Phi) is 6.40. The van der Waals surface area contributed by atoms with Crippen LogP contribution in [0.4, 0.5) is 5.69 Å². The Bertz CT molecular complexity index is 1230. The van der Waals surface area contributed by atoms with E-state index in [1.54, 1.807) is 48.8 Å². The number of carbonyl (C=O) groups is 2. The number of hydrogen-bond acceptors (Lipinski definition) is 7. The third-order valence-corrected chi connectivity index (χ3v) is 7.96. The van der Waals surface area contributed by atoms with E-state index in [-0.39, 0.29) is 22.1 Å². The summed E-state index contributed by atoms with van der Waals surface area (Å²) in [6.07, 6.45) is 3.30. The van der Waals surface area contributed by atoms with Crippen molar-refractivity contribution in [1.29, 1.82) is 0 Å². The number of carbonyl (C=O) groups excluding carboxylic acids is 2. The van der Waals surface area contributed by atoms with Crippen molar-refractivity contribution in [2.24, 2.45) is 0 Å². The van der Waals surface area contributed by atoms with Crippen LogP contribution in [0.2, 0.25) is 0 Å². The molecule has 2 aromatic heterocycles. The van der Waals surface area contributed by atoms with Gasteiger partial charge in [0.25, 0.3) is 5.91 Å². The first-order valence-corrected chi connectivity index (χ1v) is 12.4. The standard InChI is InChI=1S/C21H22N4O5S2/c1-2-30-21(27)17-9-13-25(23-17)16-7-5-15(6-8-16)22-20(26)19-18(10-14-31-19)32(28,29)24-11-3-4-12-24/h5-10,13-14H,2-4,11-12H2,1H3,(H,22,26). The van der Waals surface area contributed by atoms with Crippen LogP contribution in [-0.2, 0) is 14.8 Å². The van der Waals surface area contributed by atoms with Gasteiger partial charge in [-0.25, -0.2) is 17.9 Å². The molecular formula is C21H22N4O5S2. The number of benzene rings is 1. The zero-order chi connectivity index (χ0) is 22.7. The molecule has 0 atom stereocenters. The van der Waals surface area contributed by atoms with Gasteiger partial charge < -0.3 is 10.1 Å². The van der Waals surface area contributed by atoms with E-state index in [4.69, 9.17) is 4.74 Å². The average Bonchev–Trinajstić information content (AvgIpc) is 3.56. The van der Waals surface area contributed by atoms with Crippen LogP contribution in [0.15, 0.2) is 52.9 Å². The molecule has 1 N–H and O–H groups in total. The first-order chi connectivity index (χ1) is 15.4. The number of esters is 1. The van der Waals surface area contributed by atoms with Gasteiger partial charge >= 0.3 is 5.97 Å². The van der Waals surface area contributed by atoms with Gasteiger partial charge in [0.1, 0.15) is 9.77 Å². The molecule has 0 spiro atoms. The number of ether oxygens (including phenoxy) is 1. The van der Waals surface area contributed by atoms with Crippen LogP contribution in [0, 0.1) is 0 Å². The second-order valence-corrected chi connectivity index (χ2v) is 9.91. The zero-order valence-corrected chi connectivity index (χ0v) is 19.0. The minimum Gasteiger partial charge on any atom is -0.461 e. The van der Waals surface area contributed by atoms with Crippen molar-refractivity contribution >= 4 is 38.9 Å². The number of nitrogens with one attached hydrogen (secondary N) is 1. The topological polar surface area (TPSA) is 111 Å². The Balaban J connectivity index is 1.48. The molecule has 1 aliphatic rings. The quantitative estimate of drug-likeness (QED) is 0.527. The molecule has 11 heteroatoms. The number of thiophene rings is 1. The van der Waals surface area contributed by atoms with Gasteiger partial charge in [-0.05, 0) is 61.5 Å². The van der Waals surface area contributed by atoms with Crippen LogP contribution in [0.1, 0.15) is 39.9 Å². The maximum atomic E-state index is 12.9. The van der Waals surface area contributed by atoms with Gasteiger partial charge in [0.15, 0.2) is 5.69 Å². The third-order valence-electron chi connectivity index (χ3n) is 4.98. The van der Waals surface area contributed by atoms with Crippen molar-refractivity contribution in [3.8, 4) is 5.69 Å². The van der Waals surface area contributed by atoms with Gasteiger partial charge in [-0.2, -0.15) is 9.40 Å². The number of hydrogen-bond donors (Lipinski definition) is 1. The lowest BCUT2D eigenvalue weighted by Gasteiger charge is -2.15. The Labute approximate surface area is 189 Å². The van der Waals surface area contributed by atoms with E-state index in [1.807, 2.05) is 0 Å². The molecule has 1 aliphatic heterocycles. The normalized spacial score (nSPS) is 14.4. The van der Waals surface area contributed by atoms with Crippen molar-refractivity contribution in [3.05, 3.63) is 58.5 Å². The molecule has 0 bridgehead atoms. The van der Waals surface area contributed by atoms with Crippen LogP contribution >= 0.6 is 11.3 Å². The van der Waals surface area contributed by atoms with Crippen molar-refractivity contribution in [2.75, 3.05) is 25.0 Å². The third kappa shape index (κ3) is 4.45. The molecule has 9 nitrogen and oxygen atoms in total. The Morgan fingerprint density at radius 3 is 2.53 bits per heavy atom. The van der Waals surface area contributed by atoms with E-state index in [1.165, 1.54) is 15.1 Å². The minimum atomic E-state index is -3.68. The summed E-state index contributed by atoms with van der Waals surface area (Å²) in [6.45, 7) is 2.95. The summed E-state index contributed by atoms with van der Waals surface area (Å²) in [5.74, 6) is -0.972. The lowest BCUT2D eigenvalue weighted by atomic mass is 10.2. The number of aromatic nitrogens is 2. The molecule has 1 amide bonds. The van der Waals surface area contributed by atoms with E-state index < -0.39 is 21.9 Å². The fraction of sp³-hybridized carbons (Fsp3) is 0.286. The molecule has 168 valence electrons. The van der Waals surface area contributed by atoms with Crippen LogP contribution in [0.25, 0.3) is 5.69 Å². The zero-order valence-electron chi connectivity index (χ0n) is 17.4. The van der Waals surface area contributed by atoms with Crippen molar-refractivity contribution in [1.82, 2.24) is 14.1 Å². The smallest absolute Gasteiger partial charge is 0.358 e. The highest BCUT2D eigenvalue weighted by molar-refractivity contribution is 7.89. The summed E-state index contributed by atoms with van der Waals surface area (Å²) in [5, 5.41) is 8.55. The summed E-state index contributed by atoms with van der Waals surface area (Å²) in [7, 11) is -3.68. The van der Waals surface area contributed by atoms with Gasteiger partial charge in [0.05, 0.1) is 12.3 Å². The molecule has 0 unspecified atom stereocenters. The molecule has 4 rings (SSSR count). The summed E-state index contributed by atoms with van der Waals surface area (Å²) in [6, 6.07) is 9.87. The summed E-state index contributed by atoms with van der Waals surface area (Å²) in [4.78, 5) is 24.8. The number of sulfonamides is 1. The fourth-order valence-corrected chi connectivity index (χ4v) is 6.21. The van der Waals surface area contributed by atoms with Crippen LogP contribution in [0.3, 0.4) is 0 Å².